The molecule has 2 heterocycles. The number of hydrogen-bond acceptors (Lipinski definition) is 5. The van der Waals surface area contributed by atoms with Gasteiger partial charge in [-0.1, -0.05) is 0 Å². The van der Waals surface area contributed by atoms with Gasteiger partial charge in [0.15, 0.2) is 0 Å². The van der Waals surface area contributed by atoms with Crippen molar-refractivity contribution in [2.24, 2.45) is 5.92 Å². The van der Waals surface area contributed by atoms with Crippen LogP contribution < -0.4 is 4.74 Å². The summed E-state index contributed by atoms with van der Waals surface area (Å²) in [6.45, 7) is 1.61. The Morgan fingerprint density at radius 2 is 2.10 bits per heavy atom. The predicted molar refractivity (Wildman–Crippen MR) is 74.0 cm³/mol. The second kappa shape index (κ2) is 5.29. The molecule has 6 nitrogen and oxygen atoms in total. The Bertz CT molecular complexity index is 569. The first-order valence-electron chi connectivity index (χ1n) is 6.94. The fourth-order valence-electron chi connectivity index (χ4n) is 2.44. The number of aromatic nitrogens is 2. The molecule has 0 radical (unpaired) electrons. The van der Waals surface area contributed by atoms with Crippen LogP contribution in [0.1, 0.15) is 30.9 Å². The van der Waals surface area contributed by atoms with Gasteiger partial charge in [0.05, 0.1) is 18.6 Å². The summed E-state index contributed by atoms with van der Waals surface area (Å²) in [5, 5.41) is 8.22. The summed E-state index contributed by atoms with van der Waals surface area (Å²) in [5.74, 6) is 1.34. The molecule has 1 unspecified atom stereocenters. The van der Waals surface area contributed by atoms with Crippen molar-refractivity contribution in [3.05, 3.63) is 17.8 Å². The summed E-state index contributed by atoms with van der Waals surface area (Å²) in [6.07, 6.45) is 4.50. The minimum absolute atomic E-state index is 0.231. The number of hydrogen-bond donors (Lipinski definition) is 0. The molecule has 0 N–H and O–H groups in total. The summed E-state index contributed by atoms with van der Waals surface area (Å²) in [6, 6.07) is 3.82. The molecule has 2 aliphatic rings. The highest BCUT2D eigenvalue weighted by molar-refractivity contribution is 7.88. The van der Waals surface area contributed by atoms with Gasteiger partial charge in [0.2, 0.25) is 15.9 Å². The maximum Gasteiger partial charge on any atom is 0.233 e. The third-order valence-electron chi connectivity index (χ3n) is 3.84. The lowest BCUT2D eigenvalue weighted by atomic mass is 10.1. The van der Waals surface area contributed by atoms with Crippen molar-refractivity contribution < 1.29 is 13.2 Å². The lowest BCUT2D eigenvalue weighted by Gasteiger charge is -2.13. The van der Waals surface area contributed by atoms with E-state index in [4.69, 9.17) is 4.74 Å². The third-order valence-corrected chi connectivity index (χ3v) is 5.11. The highest BCUT2D eigenvalue weighted by Gasteiger charge is 2.29. The minimum atomic E-state index is -3.08. The average Bonchev–Trinajstić information content (AvgIpc) is 3.14. The van der Waals surface area contributed by atoms with E-state index >= 15 is 0 Å². The highest BCUT2D eigenvalue weighted by Crippen LogP contribution is 2.38. The van der Waals surface area contributed by atoms with Crippen molar-refractivity contribution in [2.75, 3.05) is 26.0 Å². The molecule has 1 aromatic heterocycles. The van der Waals surface area contributed by atoms with Crippen molar-refractivity contribution >= 4 is 10.0 Å². The van der Waals surface area contributed by atoms with Crippen molar-refractivity contribution in [3.63, 3.8) is 0 Å². The zero-order chi connectivity index (χ0) is 14.2. The summed E-state index contributed by atoms with van der Waals surface area (Å²) in [4.78, 5) is 0. The molecule has 0 spiro atoms. The van der Waals surface area contributed by atoms with Crippen LogP contribution in [0.2, 0.25) is 0 Å². The van der Waals surface area contributed by atoms with E-state index in [2.05, 4.69) is 10.2 Å². The molecule has 1 atom stereocenters. The monoisotopic (exact) mass is 297 g/mol. The summed E-state index contributed by atoms with van der Waals surface area (Å²) < 4.78 is 30.0. The van der Waals surface area contributed by atoms with Crippen LogP contribution in [0.15, 0.2) is 12.1 Å². The van der Waals surface area contributed by atoms with Crippen LogP contribution in [0.25, 0.3) is 0 Å². The quantitative estimate of drug-likeness (QED) is 0.811. The Kier molecular flexibility index (Phi) is 3.64. The van der Waals surface area contributed by atoms with E-state index in [-0.39, 0.29) is 5.92 Å². The number of sulfonamides is 1. The van der Waals surface area contributed by atoms with E-state index in [1.807, 2.05) is 12.1 Å². The Balaban J connectivity index is 1.50. The zero-order valence-electron chi connectivity index (χ0n) is 11.5. The van der Waals surface area contributed by atoms with Crippen LogP contribution in [0.5, 0.6) is 5.88 Å². The van der Waals surface area contributed by atoms with Crippen molar-refractivity contribution in [3.8, 4) is 5.88 Å². The van der Waals surface area contributed by atoms with Crippen molar-refractivity contribution in [1.82, 2.24) is 14.5 Å². The summed E-state index contributed by atoms with van der Waals surface area (Å²) in [5.41, 5.74) is 1.04. The first-order chi connectivity index (χ1) is 9.52. The molecule has 1 saturated carbocycles. The average molecular weight is 297 g/mol. The molecule has 7 heteroatoms. The van der Waals surface area contributed by atoms with E-state index in [1.165, 1.54) is 23.4 Å². The lowest BCUT2D eigenvalue weighted by Crippen LogP contribution is -2.28. The standard InChI is InChI=1S/C13H19N3O3S/c1-20(17,18)16-7-6-10(8-16)9-19-13-5-4-12(14-15-13)11-2-3-11/h4-5,10-11H,2-3,6-9H2,1H3. The van der Waals surface area contributed by atoms with Crippen LogP contribution in [-0.4, -0.2) is 48.9 Å². The fourth-order valence-corrected chi connectivity index (χ4v) is 3.36. The summed E-state index contributed by atoms with van der Waals surface area (Å²) >= 11 is 0. The summed E-state index contributed by atoms with van der Waals surface area (Å²) in [7, 11) is -3.08. The second-order valence-electron chi connectivity index (χ2n) is 5.66. The van der Waals surface area contributed by atoms with Gasteiger partial charge >= 0.3 is 0 Å². The molecule has 1 aliphatic heterocycles. The molecule has 1 aliphatic carbocycles. The normalized spacial score (nSPS) is 23.9. The number of rotatable bonds is 5. The van der Waals surface area contributed by atoms with E-state index in [9.17, 15) is 8.42 Å². The molecule has 1 aromatic rings. The molecule has 0 bridgehead atoms. The molecule has 1 saturated heterocycles. The van der Waals surface area contributed by atoms with Gasteiger partial charge in [-0.05, 0) is 25.3 Å². The van der Waals surface area contributed by atoms with E-state index in [0.29, 0.717) is 31.5 Å². The van der Waals surface area contributed by atoms with Gasteiger partial charge in [0, 0.05) is 31.0 Å². The Morgan fingerprint density at radius 1 is 1.30 bits per heavy atom. The molecular formula is C13H19N3O3S. The largest absolute Gasteiger partial charge is 0.476 e. The molecule has 0 amide bonds. The fraction of sp³-hybridized carbons (Fsp3) is 0.692. The lowest BCUT2D eigenvalue weighted by molar-refractivity contribution is 0.244. The van der Waals surface area contributed by atoms with E-state index in [1.54, 1.807) is 0 Å². The Labute approximate surface area is 119 Å². The maximum absolute atomic E-state index is 11.4. The SMILES string of the molecule is CS(=O)(=O)N1CCC(COc2ccc(C3CC3)nn2)C1. The van der Waals surface area contributed by atoms with Crippen molar-refractivity contribution in [1.29, 1.82) is 0 Å². The topological polar surface area (TPSA) is 72.4 Å². The molecule has 110 valence electrons. The second-order valence-corrected chi connectivity index (χ2v) is 7.64. The number of ether oxygens (including phenoxy) is 1. The van der Waals surface area contributed by atoms with Crippen LogP contribution in [0.3, 0.4) is 0 Å². The van der Waals surface area contributed by atoms with Gasteiger partial charge in [-0.3, -0.25) is 0 Å². The molecule has 3 rings (SSSR count). The third kappa shape index (κ3) is 3.27. The minimum Gasteiger partial charge on any atom is -0.476 e. The van der Waals surface area contributed by atoms with Crippen molar-refractivity contribution in [2.45, 2.75) is 25.2 Å². The molecule has 2 fully saturated rings. The van der Waals surface area contributed by atoms with Crippen LogP contribution in [0, 0.1) is 5.92 Å². The molecule has 20 heavy (non-hydrogen) atoms. The zero-order valence-corrected chi connectivity index (χ0v) is 12.3. The van der Waals surface area contributed by atoms with E-state index < -0.39 is 10.0 Å². The molecule has 0 aromatic carbocycles. The van der Waals surface area contributed by atoms with Crippen LogP contribution in [-0.2, 0) is 10.0 Å². The molecular weight excluding hydrogens is 278 g/mol. The van der Waals surface area contributed by atoms with Gasteiger partial charge < -0.3 is 4.74 Å². The highest BCUT2D eigenvalue weighted by atomic mass is 32.2. The Morgan fingerprint density at radius 3 is 2.65 bits per heavy atom. The van der Waals surface area contributed by atoms with Crippen LogP contribution in [0.4, 0.5) is 0 Å². The van der Waals surface area contributed by atoms with Gasteiger partial charge in [0.1, 0.15) is 0 Å². The van der Waals surface area contributed by atoms with Gasteiger partial charge in [0.25, 0.3) is 0 Å². The predicted octanol–water partition coefficient (Wildman–Crippen LogP) is 1.01. The van der Waals surface area contributed by atoms with E-state index in [0.717, 1.165) is 12.1 Å². The van der Waals surface area contributed by atoms with Gasteiger partial charge in [-0.2, -0.15) is 5.10 Å². The maximum atomic E-state index is 11.4. The Hall–Kier alpha value is -1.21. The van der Waals surface area contributed by atoms with Crippen LogP contribution >= 0.6 is 0 Å². The first kappa shape index (κ1) is 13.8. The first-order valence-corrected chi connectivity index (χ1v) is 8.79. The van der Waals surface area contributed by atoms with Gasteiger partial charge in [-0.15, -0.1) is 5.10 Å². The number of nitrogens with zero attached hydrogens (tertiary/aromatic N) is 3. The smallest absolute Gasteiger partial charge is 0.233 e. The van der Waals surface area contributed by atoms with Gasteiger partial charge in [-0.25, -0.2) is 12.7 Å².